The zero-order chi connectivity index (χ0) is 18.9. The molecule has 0 radical (unpaired) electrons. The van der Waals surface area contributed by atoms with Crippen molar-refractivity contribution in [1.29, 1.82) is 0 Å². The van der Waals surface area contributed by atoms with Crippen molar-refractivity contribution in [2.24, 2.45) is 0 Å². The van der Waals surface area contributed by atoms with E-state index < -0.39 is 23.4 Å². The SMILES string of the molecule is Cc1ccc(NC(=O)CN2C(=O)N[C@@](C)(c3ccccc3Br)C2=O)cc1. The van der Waals surface area contributed by atoms with Crippen molar-refractivity contribution in [3.63, 3.8) is 0 Å². The monoisotopic (exact) mass is 415 g/mol. The van der Waals surface area contributed by atoms with Crippen molar-refractivity contribution in [2.45, 2.75) is 19.4 Å². The van der Waals surface area contributed by atoms with Gasteiger partial charge in [-0.05, 0) is 32.0 Å². The van der Waals surface area contributed by atoms with Crippen molar-refractivity contribution in [3.8, 4) is 0 Å². The molecule has 1 saturated heterocycles. The Labute approximate surface area is 159 Å². The number of carbonyl (C=O) groups excluding carboxylic acids is 3. The summed E-state index contributed by atoms with van der Waals surface area (Å²) in [4.78, 5) is 38.4. The second-order valence-corrected chi connectivity index (χ2v) is 7.19. The molecule has 0 unspecified atom stereocenters. The van der Waals surface area contributed by atoms with Crippen LogP contribution in [-0.4, -0.2) is 29.3 Å². The summed E-state index contributed by atoms with van der Waals surface area (Å²) in [7, 11) is 0. The number of urea groups is 1. The van der Waals surface area contributed by atoms with Crippen LogP contribution in [0.15, 0.2) is 53.0 Å². The van der Waals surface area contributed by atoms with Crippen LogP contribution in [0, 0.1) is 6.92 Å². The van der Waals surface area contributed by atoms with Crippen molar-refractivity contribution < 1.29 is 14.4 Å². The minimum atomic E-state index is -1.22. The van der Waals surface area contributed by atoms with Gasteiger partial charge >= 0.3 is 6.03 Å². The molecule has 2 N–H and O–H groups in total. The van der Waals surface area contributed by atoms with E-state index in [1.54, 1.807) is 37.3 Å². The van der Waals surface area contributed by atoms with E-state index >= 15 is 0 Å². The molecule has 0 saturated carbocycles. The van der Waals surface area contributed by atoms with Crippen LogP contribution < -0.4 is 10.6 Å². The van der Waals surface area contributed by atoms with Gasteiger partial charge in [0.1, 0.15) is 12.1 Å². The zero-order valence-electron chi connectivity index (χ0n) is 14.4. The largest absolute Gasteiger partial charge is 0.325 e. The van der Waals surface area contributed by atoms with Crippen LogP contribution >= 0.6 is 15.9 Å². The maximum atomic E-state index is 12.9. The normalized spacial score (nSPS) is 19.4. The lowest BCUT2D eigenvalue weighted by atomic mass is 9.92. The van der Waals surface area contributed by atoms with Crippen LogP contribution in [0.25, 0.3) is 0 Å². The minimum Gasteiger partial charge on any atom is -0.325 e. The second-order valence-electron chi connectivity index (χ2n) is 6.34. The fraction of sp³-hybridized carbons (Fsp3) is 0.211. The third-order valence-corrected chi connectivity index (χ3v) is 5.02. The molecule has 4 amide bonds. The Morgan fingerprint density at radius 2 is 1.81 bits per heavy atom. The van der Waals surface area contributed by atoms with Gasteiger partial charge in [-0.25, -0.2) is 4.79 Å². The summed E-state index contributed by atoms with van der Waals surface area (Å²) in [5, 5.41) is 5.38. The highest BCUT2D eigenvalue weighted by atomic mass is 79.9. The summed E-state index contributed by atoms with van der Waals surface area (Å²) >= 11 is 3.41. The smallest absolute Gasteiger partial charge is 0.325 e. The molecule has 1 atom stereocenters. The maximum absolute atomic E-state index is 12.9. The van der Waals surface area contributed by atoms with Gasteiger partial charge in [0.25, 0.3) is 5.91 Å². The predicted octanol–water partition coefficient (Wildman–Crippen LogP) is 3.16. The Balaban J connectivity index is 1.76. The van der Waals surface area contributed by atoms with Crippen molar-refractivity contribution in [2.75, 3.05) is 11.9 Å². The average Bonchev–Trinajstić information content (AvgIpc) is 2.81. The first kappa shape index (κ1) is 18.1. The molecule has 7 heteroatoms. The quantitative estimate of drug-likeness (QED) is 0.752. The molecule has 1 aliphatic rings. The molecular weight excluding hydrogens is 398 g/mol. The molecule has 3 rings (SSSR count). The summed E-state index contributed by atoms with van der Waals surface area (Å²) < 4.78 is 0.710. The lowest BCUT2D eigenvalue weighted by molar-refractivity contribution is -0.133. The first-order chi connectivity index (χ1) is 12.3. The molecule has 26 heavy (non-hydrogen) atoms. The average molecular weight is 416 g/mol. The lowest BCUT2D eigenvalue weighted by Gasteiger charge is -2.23. The minimum absolute atomic E-state index is 0.349. The Morgan fingerprint density at radius 1 is 1.15 bits per heavy atom. The van der Waals surface area contributed by atoms with Crippen molar-refractivity contribution in [1.82, 2.24) is 10.2 Å². The molecular formula is C19H18BrN3O3. The fourth-order valence-electron chi connectivity index (χ4n) is 2.87. The van der Waals surface area contributed by atoms with Crippen LogP contribution in [0.2, 0.25) is 0 Å². The van der Waals surface area contributed by atoms with E-state index in [9.17, 15) is 14.4 Å². The van der Waals surface area contributed by atoms with E-state index in [-0.39, 0.29) is 6.54 Å². The van der Waals surface area contributed by atoms with Gasteiger partial charge in [-0.15, -0.1) is 0 Å². The van der Waals surface area contributed by atoms with Gasteiger partial charge < -0.3 is 10.6 Å². The highest BCUT2D eigenvalue weighted by Crippen LogP contribution is 2.33. The standard InChI is InChI=1S/C19H18BrN3O3/c1-12-7-9-13(10-8-12)21-16(24)11-23-17(25)19(2,22-18(23)26)14-5-3-4-6-15(14)20/h3-10H,11H2,1-2H3,(H,21,24)(H,22,26)/t19-/m0/s1. The van der Waals surface area contributed by atoms with Crippen LogP contribution in [0.5, 0.6) is 0 Å². The van der Waals surface area contributed by atoms with Gasteiger partial charge in [0, 0.05) is 15.7 Å². The summed E-state index contributed by atoms with van der Waals surface area (Å²) in [6.45, 7) is 3.23. The molecule has 0 aromatic heterocycles. The number of rotatable bonds is 4. The Bertz CT molecular complexity index is 882. The van der Waals surface area contributed by atoms with Gasteiger partial charge in [-0.2, -0.15) is 0 Å². The summed E-state index contributed by atoms with van der Waals surface area (Å²) in [6.07, 6.45) is 0. The van der Waals surface area contributed by atoms with Gasteiger partial charge in [0.05, 0.1) is 0 Å². The number of hydrogen-bond donors (Lipinski definition) is 2. The molecule has 2 aromatic rings. The van der Waals surface area contributed by atoms with Gasteiger partial charge in [0.2, 0.25) is 5.91 Å². The zero-order valence-corrected chi connectivity index (χ0v) is 16.0. The summed E-state index contributed by atoms with van der Waals surface area (Å²) in [5.74, 6) is -0.901. The Hall–Kier alpha value is -2.67. The van der Waals surface area contributed by atoms with E-state index in [0.717, 1.165) is 10.5 Å². The molecule has 134 valence electrons. The number of anilines is 1. The number of carbonyl (C=O) groups is 3. The highest BCUT2D eigenvalue weighted by Gasteiger charge is 2.50. The van der Waals surface area contributed by atoms with Crippen LogP contribution in [-0.2, 0) is 15.1 Å². The number of halogens is 1. The van der Waals surface area contributed by atoms with Crippen LogP contribution in [0.4, 0.5) is 10.5 Å². The van der Waals surface area contributed by atoms with Gasteiger partial charge in [-0.1, -0.05) is 51.8 Å². The highest BCUT2D eigenvalue weighted by molar-refractivity contribution is 9.10. The topological polar surface area (TPSA) is 78.5 Å². The molecule has 1 heterocycles. The van der Waals surface area contributed by atoms with Gasteiger partial charge in [0.15, 0.2) is 0 Å². The number of imide groups is 1. The summed E-state index contributed by atoms with van der Waals surface area (Å²) in [5.41, 5.74) is 1.10. The van der Waals surface area contributed by atoms with Crippen LogP contribution in [0.1, 0.15) is 18.1 Å². The Morgan fingerprint density at radius 3 is 2.46 bits per heavy atom. The Kier molecular flexibility index (Phi) is 4.82. The number of aryl methyl sites for hydroxylation is 1. The maximum Gasteiger partial charge on any atom is 0.325 e. The van der Waals surface area contributed by atoms with E-state index in [0.29, 0.717) is 15.7 Å². The number of benzene rings is 2. The molecule has 0 aliphatic carbocycles. The van der Waals surface area contributed by atoms with E-state index in [4.69, 9.17) is 0 Å². The molecule has 0 bridgehead atoms. The number of hydrogen-bond acceptors (Lipinski definition) is 3. The molecule has 0 spiro atoms. The first-order valence-corrected chi connectivity index (χ1v) is 8.86. The number of nitrogens with one attached hydrogen (secondary N) is 2. The first-order valence-electron chi connectivity index (χ1n) is 8.07. The second kappa shape index (κ2) is 6.92. The molecule has 6 nitrogen and oxygen atoms in total. The van der Waals surface area contributed by atoms with E-state index in [1.165, 1.54) is 0 Å². The number of nitrogens with zero attached hydrogens (tertiary/aromatic N) is 1. The molecule has 1 fully saturated rings. The van der Waals surface area contributed by atoms with E-state index in [2.05, 4.69) is 26.6 Å². The van der Waals surface area contributed by atoms with Crippen molar-refractivity contribution >= 4 is 39.5 Å². The van der Waals surface area contributed by atoms with E-state index in [1.807, 2.05) is 25.1 Å². The van der Waals surface area contributed by atoms with Gasteiger partial charge in [-0.3, -0.25) is 14.5 Å². The molecule has 1 aliphatic heterocycles. The van der Waals surface area contributed by atoms with Crippen molar-refractivity contribution in [3.05, 3.63) is 64.1 Å². The number of amides is 4. The van der Waals surface area contributed by atoms with Crippen LogP contribution in [0.3, 0.4) is 0 Å². The third kappa shape index (κ3) is 3.35. The summed E-state index contributed by atoms with van der Waals surface area (Å²) in [6, 6.07) is 13.9. The lowest BCUT2D eigenvalue weighted by Crippen LogP contribution is -2.42. The predicted molar refractivity (Wildman–Crippen MR) is 102 cm³/mol. The fourth-order valence-corrected chi connectivity index (χ4v) is 3.55. The molecule has 2 aromatic carbocycles. The third-order valence-electron chi connectivity index (χ3n) is 4.32.